The molecule has 0 bridgehead atoms. The summed E-state index contributed by atoms with van der Waals surface area (Å²) in [5.74, 6) is 1.41. The Balaban J connectivity index is 1.35. The summed E-state index contributed by atoms with van der Waals surface area (Å²) in [7, 11) is 0. The van der Waals surface area contributed by atoms with Gasteiger partial charge < -0.3 is 14.6 Å². The molecule has 1 aromatic heterocycles. The van der Waals surface area contributed by atoms with E-state index in [1.54, 1.807) is 0 Å². The third-order valence-electron chi connectivity index (χ3n) is 6.32. The Labute approximate surface area is 169 Å². The van der Waals surface area contributed by atoms with E-state index in [-0.39, 0.29) is 0 Å². The van der Waals surface area contributed by atoms with Gasteiger partial charge in [0, 0.05) is 29.6 Å². The fraction of sp³-hybridized carbons (Fsp3) is 0.571. The predicted molar refractivity (Wildman–Crippen MR) is 106 cm³/mol. The summed E-state index contributed by atoms with van der Waals surface area (Å²) < 4.78 is 12.0. The highest BCUT2D eigenvalue weighted by atomic mass is 35.5. The molecule has 1 unspecified atom stereocenters. The largest absolute Gasteiger partial charge is 0.373 e. The Morgan fingerprint density at radius 3 is 2.59 bits per heavy atom. The van der Waals surface area contributed by atoms with Gasteiger partial charge in [0.05, 0.1) is 22.8 Å². The molecule has 0 amide bonds. The maximum absolute atomic E-state index is 6.42. The summed E-state index contributed by atoms with van der Waals surface area (Å²) >= 11 is 12.8. The van der Waals surface area contributed by atoms with Crippen molar-refractivity contribution in [3.8, 4) is 11.3 Å². The van der Waals surface area contributed by atoms with E-state index in [1.165, 1.54) is 6.42 Å². The van der Waals surface area contributed by atoms with Crippen LogP contribution < -0.4 is 5.32 Å². The number of ether oxygens (including phenoxy) is 1. The van der Waals surface area contributed by atoms with Crippen LogP contribution in [0.3, 0.4) is 0 Å². The molecule has 5 rings (SSSR count). The maximum Gasteiger partial charge on any atom is 0.145 e. The van der Waals surface area contributed by atoms with Gasteiger partial charge in [0.2, 0.25) is 0 Å². The Bertz CT molecular complexity index is 836. The summed E-state index contributed by atoms with van der Waals surface area (Å²) in [6.07, 6.45) is 6.14. The molecule has 2 aliphatic carbocycles. The van der Waals surface area contributed by atoms with Crippen molar-refractivity contribution in [3.05, 3.63) is 39.6 Å². The van der Waals surface area contributed by atoms with Gasteiger partial charge in [-0.05, 0) is 56.6 Å². The van der Waals surface area contributed by atoms with Crippen molar-refractivity contribution in [2.75, 3.05) is 6.54 Å². The van der Waals surface area contributed by atoms with Gasteiger partial charge in [-0.25, -0.2) is 0 Å². The number of rotatable bonds is 5. The SMILES string of the molecule is CC1CC2(CN1)CC(OCc1c(-c3c(Cl)cccc3Cl)noc1C1CC1)C2. The third kappa shape index (κ3) is 3.31. The molecule has 1 spiro atoms. The summed E-state index contributed by atoms with van der Waals surface area (Å²) in [5.41, 5.74) is 2.95. The highest BCUT2D eigenvalue weighted by Crippen LogP contribution is 2.50. The zero-order valence-corrected chi connectivity index (χ0v) is 16.9. The van der Waals surface area contributed by atoms with Crippen LogP contribution in [0.15, 0.2) is 22.7 Å². The van der Waals surface area contributed by atoms with Crippen LogP contribution in [0, 0.1) is 5.41 Å². The fourth-order valence-corrected chi connectivity index (χ4v) is 5.35. The number of aromatic nitrogens is 1. The summed E-state index contributed by atoms with van der Waals surface area (Å²) in [6.45, 7) is 3.90. The van der Waals surface area contributed by atoms with Crippen LogP contribution in [0.1, 0.15) is 56.3 Å². The quantitative estimate of drug-likeness (QED) is 0.704. The summed E-state index contributed by atoms with van der Waals surface area (Å²) in [6, 6.07) is 6.14. The molecule has 6 heteroatoms. The van der Waals surface area contributed by atoms with Gasteiger partial charge in [-0.3, -0.25) is 0 Å². The molecule has 1 saturated heterocycles. The molecule has 1 aliphatic heterocycles. The maximum atomic E-state index is 6.42. The van der Waals surface area contributed by atoms with Crippen molar-refractivity contribution in [3.63, 3.8) is 0 Å². The van der Waals surface area contributed by atoms with Crippen molar-refractivity contribution < 1.29 is 9.26 Å². The molecule has 3 fully saturated rings. The third-order valence-corrected chi connectivity index (χ3v) is 6.95. The van der Waals surface area contributed by atoms with Crippen LogP contribution in [0.25, 0.3) is 11.3 Å². The van der Waals surface area contributed by atoms with Gasteiger partial charge >= 0.3 is 0 Å². The zero-order valence-electron chi connectivity index (χ0n) is 15.4. The highest BCUT2D eigenvalue weighted by Gasteiger charge is 2.48. The lowest BCUT2D eigenvalue weighted by Gasteiger charge is -2.44. The normalized spacial score (nSPS) is 30.0. The highest BCUT2D eigenvalue weighted by molar-refractivity contribution is 6.39. The molecule has 1 N–H and O–H groups in total. The zero-order chi connectivity index (χ0) is 18.6. The number of nitrogens with zero attached hydrogens (tertiary/aromatic N) is 1. The lowest BCUT2D eigenvalue weighted by molar-refractivity contribution is -0.0810. The van der Waals surface area contributed by atoms with Gasteiger partial charge in [0.25, 0.3) is 0 Å². The molecule has 1 atom stereocenters. The Kier molecular flexibility index (Phi) is 4.51. The Hall–Kier alpha value is -1.07. The average Bonchev–Trinajstić information content (AvgIpc) is 3.25. The fourth-order valence-electron chi connectivity index (χ4n) is 4.77. The van der Waals surface area contributed by atoms with Crippen molar-refractivity contribution in [1.82, 2.24) is 10.5 Å². The van der Waals surface area contributed by atoms with Crippen molar-refractivity contribution in [2.24, 2.45) is 5.41 Å². The first kappa shape index (κ1) is 18.0. The van der Waals surface area contributed by atoms with Crippen molar-refractivity contribution in [2.45, 2.75) is 63.7 Å². The van der Waals surface area contributed by atoms with Crippen molar-refractivity contribution >= 4 is 23.2 Å². The van der Waals surface area contributed by atoms with Crippen LogP contribution >= 0.6 is 23.2 Å². The van der Waals surface area contributed by atoms with E-state index in [4.69, 9.17) is 32.5 Å². The minimum absolute atomic E-state index is 0.314. The number of nitrogens with one attached hydrogen (secondary N) is 1. The van der Waals surface area contributed by atoms with Crippen LogP contribution in [-0.2, 0) is 11.3 Å². The number of hydrogen-bond acceptors (Lipinski definition) is 4. The van der Waals surface area contributed by atoms with Gasteiger partial charge in [-0.15, -0.1) is 0 Å². The van der Waals surface area contributed by atoms with Crippen LogP contribution in [0.5, 0.6) is 0 Å². The second kappa shape index (κ2) is 6.77. The van der Waals surface area contributed by atoms with E-state index in [0.717, 1.165) is 54.8 Å². The molecular formula is C21H24Cl2N2O2. The Morgan fingerprint density at radius 1 is 1.22 bits per heavy atom. The first-order valence-electron chi connectivity index (χ1n) is 9.82. The average molecular weight is 407 g/mol. The van der Waals surface area contributed by atoms with E-state index in [1.807, 2.05) is 18.2 Å². The molecule has 4 nitrogen and oxygen atoms in total. The second-order valence-corrected chi connectivity index (χ2v) is 9.39. The topological polar surface area (TPSA) is 47.3 Å². The van der Waals surface area contributed by atoms with Crippen LogP contribution in [0.2, 0.25) is 10.0 Å². The first-order chi connectivity index (χ1) is 13.0. The van der Waals surface area contributed by atoms with Gasteiger partial charge in [0.1, 0.15) is 11.5 Å². The minimum atomic E-state index is 0.314. The lowest BCUT2D eigenvalue weighted by Crippen LogP contribution is -2.43. The molecule has 0 radical (unpaired) electrons. The van der Waals surface area contributed by atoms with E-state index in [0.29, 0.717) is 40.1 Å². The summed E-state index contributed by atoms with van der Waals surface area (Å²) in [4.78, 5) is 0. The van der Waals surface area contributed by atoms with Crippen LogP contribution in [0.4, 0.5) is 0 Å². The van der Waals surface area contributed by atoms with Crippen LogP contribution in [-0.4, -0.2) is 23.8 Å². The van der Waals surface area contributed by atoms with Gasteiger partial charge in [-0.2, -0.15) is 0 Å². The molecule has 27 heavy (non-hydrogen) atoms. The molecular weight excluding hydrogens is 383 g/mol. The lowest BCUT2D eigenvalue weighted by atomic mass is 9.65. The van der Waals surface area contributed by atoms with Gasteiger partial charge in [0.15, 0.2) is 0 Å². The first-order valence-corrected chi connectivity index (χ1v) is 10.6. The molecule has 3 aliphatic rings. The number of halogens is 2. The molecule has 2 heterocycles. The second-order valence-electron chi connectivity index (χ2n) is 8.57. The molecule has 2 aromatic rings. The standard InChI is InChI=1S/C21H24Cl2N2O2/c1-12-7-21(11-24-12)8-14(9-21)26-10-15-19(25-27-20(15)13-5-6-13)18-16(22)3-2-4-17(18)23/h2-4,12-14,24H,5-11H2,1H3. The van der Waals surface area contributed by atoms with Gasteiger partial charge in [-0.1, -0.05) is 34.4 Å². The van der Waals surface area contributed by atoms with E-state index < -0.39 is 0 Å². The molecule has 1 aromatic carbocycles. The van der Waals surface area contributed by atoms with E-state index >= 15 is 0 Å². The number of hydrogen-bond donors (Lipinski definition) is 1. The van der Waals surface area contributed by atoms with E-state index in [9.17, 15) is 0 Å². The molecule has 144 valence electrons. The monoisotopic (exact) mass is 406 g/mol. The summed E-state index contributed by atoms with van der Waals surface area (Å²) in [5, 5.41) is 9.09. The van der Waals surface area contributed by atoms with Crippen molar-refractivity contribution in [1.29, 1.82) is 0 Å². The predicted octanol–water partition coefficient (Wildman–Crippen LogP) is 5.57. The number of benzene rings is 1. The smallest absolute Gasteiger partial charge is 0.145 e. The van der Waals surface area contributed by atoms with E-state index in [2.05, 4.69) is 17.4 Å². The minimum Gasteiger partial charge on any atom is -0.373 e. The molecule has 2 saturated carbocycles. The Morgan fingerprint density at radius 2 is 1.96 bits per heavy atom.